The summed E-state index contributed by atoms with van der Waals surface area (Å²) in [6.07, 6.45) is 1.86. The van der Waals surface area contributed by atoms with E-state index in [-0.39, 0.29) is 23.3 Å². The first-order valence-corrected chi connectivity index (χ1v) is 10.2. The van der Waals surface area contributed by atoms with E-state index in [1.54, 1.807) is 12.1 Å². The zero-order valence-electron chi connectivity index (χ0n) is 17.2. The molecule has 0 bridgehead atoms. The van der Waals surface area contributed by atoms with Crippen molar-refractivity contribution in [2.75, 3.05) is 11.4 Å². The summed E-state index contributed by atoms with van der Waals surface area (Å²) in [5.74, 6) is -0.252. The third-order valence-electron chi connectivity index (χ3n) is 6.25. The summed E-state index contributed by atoms with van der Waals surface area (Å²) in [7, 11) is 0. The fourth-order valence-corrected chi connectivity index (χ4v) is 4.54. The molecule has 0 amide bonds. The molecule has 0 saturated carbocycles. The van der Waals surface area contributed by atoms with Gasteiger partial charge in [-0.2, -0.15) is 5.10 Å². The van der Waals surface area contributed by atoms with Crippen LogP contribution in [0.2, 0.25) is 0 Å². The molecule has 5 rings (SSSR count). The van der Waals surface area contributed by atoms with Crippen LogP contribution >= 0.6 is 0 Å². The number of nitrogens with two attached hydrogens (primary N) is 1. The van der Waals surface area contributed by atoms with Crippen LogP contribution in [-0.2, 0) is 0 Å². The SMILES string of the molecule is CC1(C)CN(c2ccc3c(cnn3-c3ccc(F)cc3)c2)[C@H](c2ccccc2)[C@H]1N. The van der Waals surface area contributed by atoms with E-state index in [1.165, 1.54) is 17.7 Å². The summed E-state index contributed by atoms with van der Waals surface area (Å²) in [6.45, 7) is 5.35. The molecular weight excluding hydrogens is 375 g/mol. The van der Waals surface area contributed by atoms with Crippen molar-refractivity contribution in [3.63, 3.8) is 0 Å². The summed E-state index contributed by atoms with van der Waals surface area (Å²) in [6, 6.07) is 23.4. The Morgan fingerprint density at radius 2 is 1.67 bits per heavy atom. The molecule has 4 nitrogen and oxygen atoms in total. The largest absolute Gasteiger partial charge is 0.362 e. The molecule has 3 aromatic carbocycles. The number of nitrogens with zero attached hydrogens (tertiary/aromatic N) is 3. The average Bonchev–Trinajstić information content (AvgIpc) is 3.27. The predicted molar refractivity (Wildman–Crippen MR) is 119 cm³/mol. The third-order valence-corrected chi connectivity index (χ3v) is 6.25. The van der Waals surface area contributed by atoms with Gasteiger partial charge in [0.15, 0.2) is 0 Å². The summed E-state index contributed by atoms with van der Waals surface area (Å²) >= 11 is 0. The lowest BCUT2D eigenvalue weighted by atomic mass is 9.84. The second-order valence-electron chi connectivity index (χ2n) is 8.77. The van der Waals surface area contributed by atoms with E-state index in [9.17, 15) is 4.39 Å². The predicted octanol–water partition coefficient (Wildman–Crippen LogP) is 5.08. The summed E-state index contributed by atoms with van der Waals surface area (Å²) in [5, 5.41) is 5.58. The van der Waals surface area contributed by atoms with Gasteiger partial charge in [-0.25, -0.2) is 9.07 Å². The van der Waals surface area contributed by atoms with Crippen molar-refractivity contribution in [1.29, 1.82) is 0 Å². The molecule has 4 aromatic rings. The Kier molecular flexibility index (Phi) is 4.36. The van der Waals surface area contributed by atoms with E-state index < -0.39 is 0 Å². The van der Waals surface area contributed by atoms with Gasteiger partial charge < -0.3 is 10.6 Å². The van der Waals surface area contributed by atoms with Gasteiger partial charge in [-0.15, -0.1) is 0 Å². The molecule has 2 heterocycles. The molecule has 1 aromatic heterocycles. The molecule has 2 N–H and O–H groups in total. The van der Waals surface area contributed by atoms with Gasteiger partial charge in [0.2, 0.25) is 0 Å². The molecule has 1 aliphatic heterocycles. The molecule has 0 unspecified atom stereocenters. The lowest BCUT2D eigenvalue weighted by Crippen LogP contribution is -2.37. The first-order valence-electron chi connectivity index (χ1n) is 10.2. The van der Waals surface area contributed by atoms with Gasteiger partial charge in [0.25, 0.3) is 0 Å². The van der Waals surface area contributed by atoms with Crippen LogP contribution in [0, 0.1) is 11.2 Å². The van der Waals surface area contributed by atoms with Crippen LogP contribution in [-0.4, -0.2) is 22.4 Å². The molecule has 1 fully saturated rings. The highest BCUT2D eigenvalue weighted by Gasteiger charge is 2.45. The fraction of sp³-hybridized carbons (Fsp3) is 0.240. The average molecular weight is 401 g/mol. The number of fused-ring (bicyclic) bond motifs is 1. The van der Waals surface area contributed by atoms with E-state index in [1.807, 2.05) is 16.9 Å². The molecular formula is C25H25FN4. The number of halogens is 1. The zero-order valence-corrected chi connectivity index (χ0v) is 17.2. The Balaban J connectivity index is 1.56. The smallest absolute Gasteiger partial charge is 0.123 e. The highest BCUT2D eigenvalue weighted by molar-refractivity contribution is 5.84. The van der Waals surface area contributed by atoms with E-state index in [2.05, 4.69) is 66.3 Å². The molecule has 1 aliphatic rings. The maximum Gasteiger partial charge on any atom is 0.123 e. The molecule has 0 aliphatic carbocycles. The minimum Gasteiger partial charge on any atom is -0.362 e. The van der Waals surface area contributed by atoms with Crippen LogP contribution in [0.3, 0.4) is 0 Å². The number of hydrogen-bond donors (Lipinski definition) is 1. The van der Waals surface area contributed by atoms with Crippen LogP contribution < -0.4 is 10.6 Å². The van der Waals surface area contributed by atoms with Crippen molar-refractivity contribution in [3.8, 4) is 5.69 Å². The van der Waals surface area contributed by atoms with Gasteiger partial charge in [0, 0.05) is 23.7 Å². The summed E-state index contributed by atoms with van der Waals surface area (Å²) < 4.78 is 15.1. The molecule has 2 atom stereocenters. The van der Waals surface area contributed by atoms with Crippen molar-refractivity contribution in [2.45, 2.75) is 25.9 Å². The number of aromatic nitrogens is 2. The highest BCUT2D eigenvalue weighted by atomic mass is 19.1. The maximum atomic E-state index is 13.3. The zero-order chi connectivity index (χ0) is 20.9. The Morgan fingerprint density at radius 1 is 0.967 bits per heavy atom. The van der Waals surface area contributed by atoms with Crippen LogP contribution in [0.5, 0.6) is 0 Å². The minimum atomic E-state index is -0.252. The second-order valence-corrected chi connectivity index (χ2v) is 8.77. The third kappa shape index (κ3) is 3.06. The highest BCUT2D eigenvalue weighted by Crippen LogP contribution is 2.44. The van der Waals surface area contributed by atoms with Crippen LogP contribution in [0.1, 0.15) is 25.5 Å². The first kappa shape index (κ1) is 18.8. The van der Waals surface area contributed by atoms with Gasteiger partial charge >= 0.3 is 0 Å². The fourth-order valence-electron chi connectivity index (χ4n) is 4.54. The molecule has 1 saturated heterocycles. The van der Waals surface area contributed by atoms with E-state index in [0.717, 1.165) is 28.8 Å². The number of rotatable bonds is 3. The molecule has 5 heteroatoms. The van der Waals surface area contributed by atoms with Crippen molar-refractivity contribution < 1.29 is 4.39 Å². The van der Waals surface area contributed by atoms with Crippen molar-refractivity contribution in [2.24, 2.45) is 11.1 Å². The minimum absolute atomic E-state index is 0.00619. The van der Waals surface area contributed by atoms with Crippen molar-refractivity contribution in [1.82, 2.24) is 9.78 Å². The van der Waals surface area contributed by atoms with Gasteiger partial charge in [-0.3, -0.25) is 0 Å². The van der Waals surface area contributed by atoms with Crippen molar-refractivity contribution >= 4 is 16.6 Å². The second kappa shape index (κ2) is 6.96. The van der Waals surface area contributed by atoms with Gasteiger partial charge in [-0.1, -0.05) is 44.2 Å². The number of benzene rings is 3. The maximum absolute atomic E-state index is 13.3. The monoisotopic (exact) mass is 400 g/mol. The Hall–Kier alpha value is -3.18. The quantitative estimate of drug-likeness (QED) is 0.522. The Bertz CT molecular complexity index is 1180. The topological polar surface area (TPSA) is 47.1 Å². The molecule has 0 spiro atoms. The Morgan fingerprint density at radius 3 is 2.40 bits per heavy atom. The van der Waals surface area contributed by atoms with E-state index in [4.69, 9.17) is 5.73 Å². The van der Waals surface area contributed by atoms with Gasteiger partial charge in [0.05, 0.1) is 23.4 Å². The molecule has 152 valence electrons. The number of hydrogen-bond acceptors (Lipinski definition) is 3. The Labute approximate surface area is 175 Å². The van der Waals surface area contributed by atoms with Gasteiger partial charge in [0.1, 0.15) is 5.82 Å². The van der Waals surface area contributed by atoms with E-state index >= 15 is 0 Å². The lowest BCUT2D eigenvalue weighted by Gasteiger charge is -2.29. The van der Waals surface area contributed by atoms with E-state index in [0.29, 0.717) is 0 Å². The summed E-state index contributed by atoms with van der Waals surface area (Å²) in [5.41, 5.74) is 10.9. The van der Waals surface area contributed by atoms with Crippen LogP contribution in [0.15, 0.2) is 79.0 Å². The standard InChI is InChI=1S/C25H25FN4/c1-25(2)16-29(23(24(25)27)17-6-4-3-5-7-17)21-12-13-22-18(14-21)15-28-30(22)20-10-8-19(26)9-11-20/h3-15,23-24H,16,27H2,1-2H3/t23-,24-/m1/s1. The normalized spacial score (nSPS) is 20.7. The van der Waals surface area contributed by atoms with Crippen LogP contribution in [0.4, 0.5) is 10.1 Å². The van der Waals surface area contributed by atoms with Crippen LogP contribution in [0.25, 0.3) is 16.6 Å². The lowest BCUT2D eigenvalue weighted by molar-refractivity contribution is 0.343. The first-order chi connectivity index (χ1) is 14.4. The van der Waals surface area contributed by atoms with Crippen molar-refractivity contribution in [3.05, 3.63) is 90.4 Å². The van der Waals surface area contributed by atoms with Gasteiger partial charge in [-0.05, 0) is 53.4 Å². The molecule has 0 radical (unpaired) electrons. The molecule has 30 heavy (non-hydrogen) atoms. The summed E-state index contributed by atoms with van der Waals surface area (Å²) in [4.78, 5) is 2.41. The number of anilines is 1.